The van der Waals surface area contributed by atoms with E-state index >= 15 is 0 Å². The number of benzene rings is 2. The summed E-state index contributed by atoms with van der Waals surface area (Å²) in [5.41, 5.74) is 2.63. The summed E-state index contributed by atoms with van der Waals surface area (Å²) in [4.78, 5) is 26.6. The lowest BCUT2D eigenvalue weighted by molar-refractivity contribution is -0.143. The summed E-state index contributed by atoms with van der Waals surface area (Å²) < 4.78 is 6.16. The first-order valence-electron chi connectivity index (χ1n) is 10.8. The molecule has 2 amide bonds. The van der Waals surface area contributed by atoms with Gasteiger partial charge in [0.15, 0.2) is 0 Å². The van der Waals surface area contributed by atoms with Crippen LogP contribution < -0.4 is 0 Å². The number of rotatable bonds is 7. The Balaban J connectivity index is 1.44. The number of amides is 2. The van der Waals surface area contributed by atoms with Crippen molar-refractivity contribution in [3.63, 3.8) is 0 Å². The lowest BCUT2D eigenvalue weighted by Gasteiger charge is -2.25. The molecule has 2 aliphatic rings. The smallest absolute Gasteiger partial charge is 0.235 e. The lowest BCUT2D eigenvalue weighted by Crippen LogP contribution is -2.41. The van der Waals surface area contributed by atoms with Gasteiger partial charge < -0.3 is 9.84 Å². The molecule has 4 rings (SSSR count). The summed E-state index contributed by atoms with van der Waals surface area (Å²) >= 11 is 0. The van der Waals surface area contributed by atoms with E-state index in [0.29, 0.717) is 0 Å². The van der Waals surface area contributed by atoms with Crippen molar-refractivity contribution in [2.45, 2.75) is 51.2 Å². The van der Waals surface area contributed by atoms with Gasteiger partial charge >= 0.3 is 0 Å². The number of aliphatic hydroxyl groups is 1. The van der Waals surface area contributed by atoms with Crippen molar-refractivity contribution < 1.29 is 19.4 Å². The van der Waals surface area contributed by atoms with Crippen molar-refractivity contribution in [1.29, 1.82) is 0 Å². The Hall–Kier alpha value is -2.50. The van der Waals surface area contributed by atoms with E-state index in [9.17, 15) is 14.7 Å². The van der Waals surface area contributed by atoms with Crippen molar-refractivity contribution in [3.05, 3.63) is 71.3 Å². The SMILES string of the molecule is Cc1ccccc1[C@H](OC[C@H](O)CN1C(=O)CC2(CCCC2)C1=O)c1ccccc1. The number of likely N-dealkylation sites (tertiary alicyclic amines) is 1. The van der Waals surface area contributed by atoms with Gasteiger partial charge in [0.1, 0.15) is 6.10 Å². The molecule has 30 heavy (non-hydrogen) atoms. The molecule has 158 valence electrons. The largest absolute Gasteiger partial charge is 0.389 e. The Bertz CT molecular complexity index is 904. The molecule has 1 saturated heterocycles. The van der Waals surface area contributed by atoms with Crippen LogP contribution in [-0.2, 0) is 14.3 Å². The van der Waals surface area contributed by atoms with E-state index in [0.717, 1.165) is 42.4 Å². The van der Waals surface area contributed by atoms with Gasteiger partial charge in [0.2, 0.25) is 11.8 Å². The number of carbonyl (C=O) groups is 2. The molecule has 2 atom stereocenters. The van der Waals surface area contributed by atoms with Crippen LogP contribution in [0.25, 0.3) is 0 Å². The Morgan fingerprint density at radius 1 is 1.03 bits per heavy atom. The van der Waals surface area contributed by atoms with Crippen LogP contribution in [0, 0.1) is 12.3 Å². The summed E-state index contributed by atoms with van der Waals surface area (Å²) in [5.74, 6) is -0.276. The number of ether oxygens (including phenoxy) is 1. The van der Waals surface area contributed by atoms with E-state index in [1.165, 1.54) is 4.90 Å². The van der Waals surface area contributed by atoms with Crippen LogP contribution in [-0.4, -0.2) is 41.1 Å². The maximum Gasteiger partial charge on any atom is 0.235 e. The Labute approximate surface area is 177 Å². The summed E-state index contributed by atoms with van der Waals surface area (Å²) in [6.45, 7) is 2.07. The standard InChI is InChI=1S/C25H29NO4/c1-18-9-5-6-12-21(18)23(19-10-3-2-4-11-19)30-17-20(27)16-26-22(28)15-25(24(26)29)13-7-8-14-25/h2-6,9-12,20,23,27H,7-8,13-17H2,1H3/t20-,23-/m1/s1. The van der Waals surface area contributed by atoms with Gasteiger partial charge in [0.05, 0.1) is 24.7 Å². The fraction of sp³-hybridized carbons (Fsp3) is 0.440. The minimum Gasteiger partial charge on any atom is -0.389 e. The summed E-state index contributed by atoms with van der Waals surface area (Å²) in [6.07, 6.45) is 2.59. The van der Waals surface area contributed by atoms with Crippen molar-refractivity contribution in [1.82, 2.24) is 4.90 Å². The monoisotopic (exact) mass is 407 g/mol. The molecule has 0 radical (unpaired) electrons. The van der Waals surface area contributed by atoms with E-state index in [1.807, 2.05) is 61.5 Å². The number of hydrogen-bond donors (Lipinski definition) is 1. The second-order valence-corrected chi connectivity index (χ2v) is 8.61. The summed E-state index contributed by atoms with van der Waals surface area (Å²) in [7, 11) is 0. The first-order chi connectivity index (χ1) is 14.5. The molecule has 1 heterocycles. The number of aryl methyl sites for hydroxylation is 1. The van der Waals surface area contributed by atoms with Gasteiger partial charge in [-0.15, -0.1) is 0 Å². The molecule has 0 aromatic heterocycles. The Morgan fingerprint density at radius 3 is 2.40 bits per heavy atom. The van der Waals surface area contributed by atoms with Crippen LogP contribution >= 0.6 is 0 Å². The van der Waals surface area contributed by atoms with Crippen LogP contribution in [0.3, 0.4) is 0 Å². The second-order valence-electron chi connectivity index (χ2n) is 8.61. The zero-order valence-electron chi connectivity index (χ0n) is 17.4. The quantitative estimate of drug-likeness (QED) is 0.710. The molecule has 0 bridgehead atoms. The van der Waals surface area contributed by atoms with Crippen LogP contribution in [0.2, 0.25) is 0 Å². The molecule has 5 heteroatoms. The maximum absolute atomic E-state index is 12.9. The average Bonchev–Trinajstić information content (AvgIpc) is 3.31. The van der Waals surface area contributed by atoms with E-state index in [2.05, 4.69) is 0 Å². The normalized spacial score (nSPS) is 20.1. The number of carbonyl (C=O) groups excluding carboxylic acids is 2. The molecule has 2 aromatic rings. The molecular formula is C25H29NO4. The highest BCUT2D eigenvalue weighted by Gasteiger charge is 2.52. The average molecular weight is 408 g/mol. The van der Waals surface area contributed by atoms with Crippen molar-refractivity contribution in [2.24, 2.45) is 5.41 Å². The van der Waals surface area contributed by atoms with Gasteiger partial charge in [-0.2, -0.15) is 0 Å². The van der Waals surface area contributed by atoms with Crippen LogP contribution in [0.5, 0.6) is 0 Å². The minimum absolute atomic E-state index is 0.00526. The predicted molar refractivity (Wildman–Crippen MR) is 114 cm³/mol. The van der Waals surface area contributed by atoms with E-state index in [4.69, 9.17) is 4.74 Å². The fourth-order valence-electron chi connectivity index (χ4n) is 4.83. The first-order valence-corrected chi connectivity index (χ1v) is 10.8. The third-order valence-electron chi connectivity index (χ3n) is 6.47. The van der Waals surface area contributed by atoms with Gasteiger partial charge in [-0.1, -0.05) is 67.4 Å². The third-order valence-corrected chi connectivity index (χ3v) is 6.47. The fourth-order valence-corrected chi connectivity index (χ4v) is 4.83. The zero-order chi connectivity index (χ0) is 21.1. The van der Waals surface area contributed by atoms with Crippen LogP contribution in [0.15, 0.2) is 54.6 Å². The summed E-state index contributed by atoms with van der Waals surface area (Å²) in [5, 5.41) is 10.6. The highest BCUT2D eigenvalue weighted by Crippen LogP contribution is 2.46. The van der Waals surface area contributed by atoms with Crippen molar-refractivity contribution >= 4 is 11.8 Å². The number of nitrogens with zero attached hydrogens (tertiary/aromatic N) is 1. The topological polar surface area (TPSA) is 66.8 Å². The highest BCUT2D eigenvalue weighted by molar-refractivity contribution is 6.06. The first kappa shape index (κ1) is 20.8. The molecular weight excluding hydrogens is 378 g/mol. The molecule has 1 aliphatic heterocycles. The molecule has 1 spiro atoms. The van der Waals surface area contributed by atoms with Crippen molar-refractivity contribution in [2.75, 3.05) is 13.2 Å². The van der Waals surface area contributed by atoms with Gasteiger partial charge in [0.25, 0.3) is 0 Å². The number of hydrogen-bond acceptors (Lipinski definition) is 4. The van der Waals surface area contributed by atoms with Gasteiger partial charge in [-0.3, -0.25) is 14.5 Å². The van der Waals surface area contributed by atoms with Crippen molar-refractivity contribution in [3.8, 4) is 0 Å². The molecule has 0 unspecified atom stereocenters. The van der Waals surface area contributed by atoms with Gasteiger partial charge in [-0.25, -0.2) is 0 Å². The molecule has 1 N–H and O–H groups in total. The molecule has 1 saturated carbocycles. The van der Waals surface area contributed by atoms with E-state index < -0.39 is 11.5 Å². The lowest BCUT2D eigenvalue weighted by atomic mass is 9.84. The Morgan fingerprint density at radius 2 is 1.70 bits per heavy atom. The summed E-state index contributed by atoms with van der Waals surface area (Å²) in [6, 6.07) is 17.9. The van der Waals surface area contributed by atoms with Crippen LogP contribution in [0.1, 0.15) is 54.9 Å². The maximum atomic E-state index is 12.9. The minimum atomic E-state index is -0.926. The van der Waals surface area contributed by atoms with E-state index in [-0.39, 0.29) is 37.5 Å². The van der Waals surface area contributed by atoms with Gasteiger partial charge in [0, 0.05) is 6.42 Å². The predicted octanol–water partition coefficient (Wildman–Crippen LogP) is 3.78. The number of imide groups is 1. The zero-order valence-corrected chi connectivity index (χ0v) is 17.4. The molecule has 2 fully saturated rings. The van der Waals surface area contributed by atoms with Gasteiger partial charge in [-0.05, 0) is 36.5 Å². The van der Waals surface area contributed by atoms with E-state index in [1.54, 1.807) is 0 Å². The molecule has 1 aliphatic carbocycles. The third kappa shape index (κ3) is 4.05. The van der Waals surface area contributed by atoms with Crippen LogP contribution in [0.4, 0.5) is 0 Å². The Kier molecular flexibility index (Phi) is 6.02. The molecule has 2 aromatic carbocycles. The molecule has 5 nitrogen and oxygen atoms in total. The highest BCUT2D eigenvalue weighted by atomic mass is 16.5. The second kappa shape index (κ2) is 8.70. The number of aliphatic hydroxyl groups excluding tert-OH is 1. The number of β-amino-alcohol motifs (C(OH)–C–C–N with tert-alkyl or cyclic N) is 1.